The minimum atomic E-state index is 0.307. The number of thioether (sulfide) groups is 1. The first-order valence-electron chi connectivity index (χ1n) is 5.08. The fourth-order valence-electron chi connectivity index (χ4n) is 2.35. The van der Waals surface area contributed by atoms with E-state index in [2.05, 4.69) is 11.6 Å². The first-order valence-corrected chi connectivity index (χ1v) is 6.47. The number of carbonyl (C=O) groups excluding carboxylic acids is 1. The van der Waals surface area contributed by atoms with Gasteiger partial charge in [0.05, 0.1) is 0 Å². The van der Waals surface area contributed by atoms with Gasteiger partial charge in [-0.15, -0.1) is 0 Å². The molecule has 2 rings (SSSR count). The zero-order valence-electron chi connectivity index (χ0n) is 8.08. The molecule has 0 heterocycles. The Morgan fingerprint density at radius 3 is 2.69 bits per heavy atom. The van der Waals surface area contributed by atoms with Gasteiger partial charge in [-0.2, -0.15) is 11.8 Å². The second-order valence-electron chi connectivity index (χ2n) is 4.21. The van der Waals surface area contributed by atoms with Crippen LogP contribution < -0.4 is 5.32 Å². The van der Waals surface area contributed by atoms with E-state index in [4.69, 9.17) is 0 Å². The van der Waals surface area contributed by atoms with Crippen molar-refractivity contribution in [3.8, 4) is 0 Å². The summed E-state index contributed by atoms with van der Waals surface area (Å²) in [6, 6.07) is 0. The van der Waals surface area contributed by atoms with E-state index in [1.807, 2.05) is 0 Å². The van der Waals surface area contributed by atoms with Gasteiger partial charge in [0.2, 0.25) is 5.91 Å². The Morgan fingerprint density at radius 2 is 2.08 bits per heavy atom. The Balaban J connectivity index is 1.66. The van der Waals surface area contributed by atoms with Gasteiger partial charge in [0.15, 0.2) is 0 Å². The molecule has 0 spiro atoms. The summed E-state index contributed by atoms with van der Waals surface area (Å²) in [6.45, 7) is 0.839. The van der Waals surface area contributed by atoms with Gasteiger partial charge >= 0.3 is 0 Å². The molecular weight excluding hydrogens is 182 g/mol. The molecule has 2 aliphatic rings. The van der Waals surface area contributed by atoms with Crippen molar-refractivity contribution >= 4 is 17.7 Å². The normalized spacial score (nSPS) is 35.6. The maximum absolute atomic E-state index is 11.6. The van der Waals surface area contributed by atoms with Crippen molar-refractivity contribution in [2.24, 2.45) is 17.8 Å². The van der Waals surface area contributed by atoms with Crippen molar-refractivity contribution in [2.75, 3.05) is 18.6 Å². The molecule has 2 saturated carbocycles. The fraction of sp³-hybridized carbons (Fsp3) is 0.900. The van der Waals surface area contributed by atoms with Crippen molar-refractivity contribution in [1.29, 1.82) is 0 Å². The number of hydrogen-bond acceptors (Lipinski definition) is 2. The molecule has 1 amide bonds. The van der Waals surface area contributed by atoms with E-state index in [0.29, 0.717) is 11.8 Å². The van der Waals surface area contributed by atoms with Crippen LogP contribution in [-0.4, -0.2) is 24.5 Å². The van der Waals surface area contributed by atoms with Crippen LogP contribution in [0.2, 0.25) is 0 Å². The third-order valence-electron chi connectivity index (χ3n) is 3.22. The Labute approximate surface area is 83.8 Å². The molecule has 2 atom stereocenters. The number of carbonyl (C=O) groups is 1. The predicted octanol–water partition coefficient (Wildman–Crippen LogP) is 1.51. The van der Waals surface area contributed by atoms with Gasteiger partial charge in [0.1, 0.15) is 0 Å². The molecule has 2 aliphatic carbocycles. The number of rotatable bonds is 4. The van der Waals surface area contributed by atoms with Crippen LogP contribution >= 0.6 is 11.8 Å². The quantitative estimate of drug-likeness (QED) is 0.695. The maximum Gasteiger partial charge on any atom is 0.223 e. The monoisotopic (exact) mass is 199 g/mol. The lowest BCUT2D eigenvalue weighted by molar-refractivity contribution is -0.124. The molecule has 74 valence electrons. The van der Waals surface area contributed by atoms with Crippen LogP contribution in [0, 0.1) is 17.8 Å². The number of fused-ring (bicyclic) bond motifs is 1. The standard InChI is InChI=1S/C10H17NOS/c1-13-3-2-11-10(12)9-5-7-4-8(7)6-9/h7-9H,2-6H2,1H3,(H,11,12). The molecule has 0 aromatic heterocycles. The molecule has 0 aromatic rings. The van der Waals surface area contributed by atoms with Gasteiger partial charge in [0, 0.05) is 18.2 Å². The smallest absolute Gasteiger partial charge is 0.223 e. The summed E-state index contributed by atoms with van der Waals surface area (Å²) in [5, 5.41) is 3.01. The van der Waals surface area contributed by atoms with E-state index in [-0.39, 0.29) is 0 Å². The minimum absolute atomic E-state index is 0.307. The number of nitrogens with one attached hydrogen (secondary N) is 1. The number of hydrogen-bond donors (Lipinski definition) is 1. The molecule has 3 heteroatoms. The van der Waals surface area contributed by atoms with Crippen molar-refractivity contribution in [3.05, 3.63) is 0 Å². The van der Waals surface area contributed by atoms with Gasteiger partial charge in [0.25, 0.3) is 0 Å². The second-order valence-corrected chi connectivity index (χ2v) is 5.19. The lowest BCUT2D eigenvalue weighted by Crippen LogP contribution is -2.31. The first kappa shape index (κ1) is 9.38. The highest BCUT2D eigenvalue weighted by molar-refractivity contribution is 7.98. The lowest BCUT2D eigenvalue weighted by Gasteiger charge is -2.11. The summed E-state index contributed by atoms with van der Waals surface area (Å²) >= 11 is 1.78. The number of amides is 1. The van der Waals surface area contributed by atoms with Crippen LogP contribution in [0.4, 0.5) is 0 Å². The van der Waals surface area contributed by atoms with E-state index in [0.717, 1.165) is 37.0 Å². The van der Waals surface area contributed by atoms with Crippen molar-refractivity contribution in [2.45, 2.75) is 19.3 Å². The van der Waals surface area contributed by atoms with Crippen LogP contribution in [0.5, 0.6) is 0 Å². The molecule has 2 nitrogen and oxygen atoms in total. The molecule has 2 fully saturated rings. The zero-order valence-corrected chi connectivity index (χ0v) is 8.90. The van der Waals surface area contributed by atoms with Crippen LogP contribution in [0.1, 0.15) is 19.3 Å². The molecule has 0 aliphatic heterocycles. The lowest BCUT2D eigenvalue weighted by atomic mass is 10.0. The maximum atomic E-state index is 11.6. The van der Waals surface area contributed by atoms with E-state index in [9.17, 15) is 4.79 Å². The molecule has 13 heavy (non-hydrogen) atoms. The SMILES string of the molecule is CSCCNC(=O)C1CC2CC2C1. The first-order chi connectivity index (χ1) is 6.31. The molecule has 0 aromatic carbocycles. The van der Waals surface area contributed by atoms with Crippen molar-refractivity contribution in [3.63, 3.8) is 0 Å². The molecule has 0 radical (unpaired) electrons. The third-order valence-corrected chi connectivity index (χ3v) is 3.83. The molecular formula is C10H17NOS. The van der Waals surface area contributed by atoms with Gasteiger partial charge in [-0.25, -0.2) is 0 Å². The van der Waals surface area contributed by atoms with Gasteiger partial charge in [-0.05, 0) is 37.4 Å². The Bertz CT molecular complexity index is 197. The third kappa shape index (κ3) is 2.19. The summed E-state index contributed by atoms with van der Waals surface area (Å²) in [7, 11) is 0. The highest BCUT2D eigenvalue weighted by Crippen LogP contribution is 2.54. The summed E-state index contributed by atoms with van der Waals surface area (Å²) in [4.78, 5) is 11.6. The second kappa shape index (κ2) is 3.91. The average Bonchev–Trinajstić information content (AvgIpc) is 2.74. The minimum Gasteiger partial charge on any atom is -0.355 e. The van der Waals surface area contributed by atoms with Crippen molar-refractivity contribution in [1.82, 2.24) is 5.32 Å². The van der Waals surface area contributed by atoms with Gasteiger partial charge < -0.3 is 5.32 Å². The Morgan fingerprint density at radius 1 is 1.38 bits per heavy atom. The molecule has 1 N–H and O–H groups in total. The predicted molar refractivity (Wildman–Crippen MR) is 55.7 cm³/mol. The summed E-state index contributed by atoms with van der Waals surface area (Å²) in [5.41, 5.74) is 0. The Hall–Kier alpha value is -0.180. The zero-order chi connectivity index (χ0) is 9.26. The van der Waals surface area contributed by atoms with Crippen LogP contribution in [0.15, 0.2) is 0 Å². The molecule has 2 unspecified atom stereocenters. The average molecular weight is 199 g/mol. The molecule has 0 bridgehead atoms. The van der Waals surface area contributed by atoms with E-state index in [1.165, 1.54) is 6.42 Å². The Kier molecular flexibility index (Phi) is 2.82. The van der Waals surface area contributed by atoms with E-state index >= 15 is 0 Å². The summed E-state index contributed by atoms with van der Waals surface area (Å²) in [5.74, 6) is 3.52. The molecule has 0 saturated heterocycles. The van der Waals surface area contributed by atoms with Crippen LogP contribution in [0.25, 0.3) is 0 Å². The van der Waals surface area contributed by atoms with E-state index in [1.54, 1.807) is 11.8 Å². The largest absolute Gasteiger partial charge is 0.355 e. The van der Waals surface area contributed by atoms with Gasteiger partial charge in [-0.3, -0.25) is 4.79 Å². The van der Waals surface area contributed by atoms with Crippen LogP contribution in [-0.2, 0) is 4.79 Å². The van der Waals surface area contributed by atoms with E-state index < -0.39 is 0 Å². The van der Waals surface area contributed by atoms with Gasteiger partial charge in [-0.1, -0.05) is 0 Å². The topological polar surface area (TPSA) is 29.1 Å². The van der Waals surface area contributed by atoms with Crippen molar-refractivity contribution < 1.29 is 4.79 Å². The van der Waals surface area contributed by atoms with Crippen LogP contribution in [0.3, 0.4) is 0 Å². The highest BCUT2D eigenvalue weighted by Gasteiger charge is 2.47. The fourth-order valence-corrected chi connectivity index (χ4v) is 2.66. The highest BCUT2D eigenvalue weighted by atomic mass is 32.2. The summed E-state index contributed by atoms with van der Waals surface area (Å²) < 4.78 is 0. The summed E-state index contributed by atoms with van der Waals surface area (Å²) in [6.07, 6.45) is 5.79.